The average Bonchev–Trinajstić information content (AvgIpc) is 2.90. The van der Waals surface area contributed by atoms with Gasteiger partial charge in [0, 0.05) is 30.8 Å². The smallest absolute Gasteiger partial charge is 0.197 e. The molecule has 0 radical (unpaired) electrons. The van der Waals surface area contributed by atoms with Crippen molar-refractivity contribution in [1.82, 2.24) is 9.88 Å². The highest BCUT2D eigenvalue weighted by Crippen LogP contribution is 2.38. The van der Waals surface area contributed by atoms with E-state index in [-0.39, 0.29) is 17.9 Å². The highest BCUT2D eigenvalue weighted by atomic mass is 16.6. The first-order chi connectivity index (χ1) is 12.2. The van der Waals surface area contributed by atoms with Gasteiger partial charge in [-0.3, -0.25) is 4.57 Å². The zero-order chi connectivity index (χ0) is 17.2. The van der Waals surface area contributed by atoms with Crippen LogP contribution in [-0.2, 0) is 19.4 Å². The molecule has 4 rings (SSSR count). The number of para-hydroxylation sites is 2. The standard InChI is InChI=1S/C19H24N2O4/c22-18-14-5-1-2-6-15(14)19(23)21(18)10-9-20-11-13-12-24-16-7-3-4-8-17(16)25-13/h3-4,7-8,13,20,22-23H,1-2,5-6,9-12H2. The van der Waals surface area contributed by atoms with Crippen molar-refractivity contribution in [3.63, 3.8) is 0 Å². The van der Waals surface area contributed by atoms with Crippen molar-refractivity contribution in [2.45, 2.75) is 38.3 Å². The van der Waals surface area contributed by atoms with E-state index in [0.29, 0.717) is 26.2 Å². The summed E-state index contributed by atoms with van der Waals surface area (Å²) < 4.78 is 13.2. The highest BCUT2D eigenvalue weighted by Gasteiger charge is 2.24. The molecule has 0 spiro atoms. The van der Waals surface area contributed by atoms with E-state index >= 15 is 0 Å². The Morgan fingerprint density at radius 1 is 1.04 bits per heavy atom. The van der Waals surface area contributed by atoms with Gasteiger partial charge in [-0.05, 0) is 37.8 Å². The molecule has 25 heavy (non-hydrogen) atoms. The van der Waals surface area contributed by atoms with Crippen LogP contribution in [0.3, 0.4) is 0 Å². The van der Waals surface area contributed by atoms with Gasteiger partial charge in [-0.2, -0.15) is 0 Å². The molecule has 1 aliphatic carbocycles. The quantitative estimate of drug-likeness (QED) is 0.725. The molecule has 2 aromatic rings. The van der Waals surface area contributed by atoms with Gasteiger partial charge in [0.2, 0.25) is 0 Å². The molecular formula is C19H24N2O4. The summed E-state index contributed by atoms with van der Waals surface area (Å²) in [4.78, 5) is 0. The van der Waals surface area contributed by atoms with E-state index in [1.807, 2.05) is 24.3 Å². The lowest BCUT2D eigenvalue weighted by molar-refractivity contribution is 0.0903. The predicted molar refractivity (Wildman–Crippen MR) is 93.6 cm³/mol. The lowest BCUT2D eigenvalue weighted by Crippen LogP contribution is -2.39. The van der Waals surface area contributed by atoms with Gasteiger partial charge in [0.1, 0.15) is 12.7 Å². The molecule has 0 bridgehead atoms. The second kappa shape index (κ2) is 6.88. The Kier molecular flexibility index (Phi) is 4.44. The molecule has 0 amide bonds. The number of fused-ring (bicyclic) bond motifs is 2. The molecule has 1 aromatic carbocycles. The zero-order valence-corrected chi connectivity index (χ0v) is 14.2. The minimum absolute atomic E-state index is 0.0463. The number of hydrogen-bond acceptors (Lipinski definition) is 5. The molecule has 1 aliphatic heterocycles. The summed E-state index contributed by atoms with van der Waals surface area (Å²) in [6, 6.07) is 7.66. The van der Waals surface area contributed by atoms with Gasteiger partial charge in [-0.15, -0.1) is 0 Å². The Labute approximate surface area is 147 Å². The molecular weight excluding hydrogens is 320 g/mol. The van der Waals surface area contributed by atoms with Crippen LogP contribution in [0.1, 0.15) is 24.0 Å². The molecule has 6 nitrogen and oxygen atoms in total. The second-order valence-corrected chi connectivity index (χ2v) is 6.66. The molecule has 0 fully saturated rings. The summed E-state index contributed by atoms with van der Waals surface area (Å²) in [6.45, 7) is 2.32. The topological polar surface area (TPSA) is 75.9 Å². The van der Waals surface area contributed by atoms with E-state index in [9.17, 15) is 10.2 Å². The van der Waals surface area contributed by atoms with Crippen molar-refractivity contribution in [3.05, 3.63) is 35.4 Å². The van der Waals surface area contributed by atoms with Crippen LogP contribution < -0.4 is 14.8 Å². The normalized spacial score (nSPS) is 18.8. The third-order valence-corrected chi connectivity index (χ3v) is 4.97. The summed E-state index contributed by atoms with van der Waals surface area (Å²) in [6.07, 6.45) is 3.80. The zero-order valence-electron chi connectivity index (χ0n) is 14.2. The maximum atomic E-state index is 10.3. The van der Waals surface area contributed by atoms with Crippen LogP contribution in [0.2, 0.25) is 0 Å². The van der Waals surface area contributed by atoms with Crippen LogP contribution in [0.5, 0.6) is 23.3 Å². The van der Waals surface area contributed by atoms with E-state index in [4.69, 9.17) is 9.47 Å². The van der Waals surface area contributed by atoms with Gasteiger partial charge in [0.25, 0.3) is 0 Å². The lowest BCUT2D eigenvalue weighted by atomic mass is 9.95. The van der Waals surface area contributed by atoms with Gasteiger partial charge in [0.15, 0.2) is 23.3 Å². The summed E-state index contributed by atoms with van der Waals surface area (Å²) >= 11 is 0. The van der Waals surface area contributed by atoms with Crippen LogP contribution in [0, 0.1) is 0 Å². The van der Waals surface area contributed by atoms with Gasteiger partial charge >= 0.3 is 0 Å². The Morgan fingerprint density at radius 2 is 1.72 bits per heavy atom. The Bertz CT molecular complexity index is 727. The molecule has 3 N–H and O–H groups in total. The maximum Gasteiger partial charge on any atom is 0.197 e. The number of nitrogens with one attached hydrogen (secondary N) is 1. The number of aromatic hydroxyl groups is 2. The van der Waals surface area contributed by atoms with Crippen molar-refractivity contribution in [2.24, 2.45) is 0 Å². The average molecular weight is 344 g/mol. The maximum absolute atomic E-state index is 10.3. The van der Waals surface area contributed by atoms with Crippen LogP contribution in [0.4, 0.5) is 0 Å². The van der Waals surface area contributed by atoms with Crippen molar-refractivity contribution in [3.8, 4) is 23.3 Å². The predicted octanol–water partition coefficient (Wildman–Crippen LogP) is 2.21. The van der Waals surface area contributed by atoms with Gasteiger partial charge < -0.3 is 25.0 Å². The van der Waals surface area contributed by atoms with E-state index < -0.39 is 0 Å². The van der Waals surface area contributed by atoms with Crippen LogP contribution in [-0.4, -0.2) is 40.6 Å². The molecule has 0 saturated heterocycles. The van der Waals surface area contributed by atoms with Crippen molar-refractivity contribution < 1.29 is 19.7 Å². The van der Waals surface area contributed by atoms with E-state index in [1.54, 1.807) is 4.57 Å². The summed E-state index contributed by atoms with van der Waals surface area (Å²) in [5.41, 5.74) is 1.84. The van der Waals surface area contributed by atoms with E-state index in [1.165, 1.54) is 0 Å². The summed E-state index contributed by atoms with van der Waals surface area (Å²) in [5.74, 6) is 2.00. The van der Waals surface area contributed by atoms with Gasteiger partial charge in [-0.25, -0.2) is 0 Å². The highest BCUT2D eigenvalue weighted by molar-refractivity contribution is 5.46. The van der Waals surface area contributed by atoms with E-state index in [2.05, 4.69) is 5.32 Å². The summed E-state index contributed by atoms with van der Waals surface area (Å²) in [5, 5.41) is 24.0. The van der Waals surface area contributed by atoms with Gasteiger partial charge in [0.05, 0.1) is 0 Å². The molecule has 0 saturated carbocycles. The van der Waals surface area contributed by atoms with E-state index in [0.717, 1.165) is 48.3 Å². The fourth-order valence-electron chi connectivity index (χ4n) is 3.65. The third-order valence-electron chi connectivity index (χ3n) is 4.97. The third kappa shape index (κ3) is 3.14. The largest absolute Gasteiger partial charge is 0.494 e. The molecule has 1 unspecified atom stereocenters. The molecule has 2 aliphatic rings. The first-order valence-corrected chi connectivity index (χ1v) is 8.95. The number of ether oxygens (including phenoxy) is 2. The number of benzene rings is 1. The molecule has 2 heterocycles. The van der Waals surface area contributed by atoms with Crippen molar-refractivity contribution in [1.29, 1.82) is 0 Å². The second-order valence-electron chi connectivity index (χ2n) is 6.66. The van der Waals surface area contributed by atoms with Crippen LogP contribution >= 0.6 is 0 Å². The Balaban J connectivity index is 1.30. The van der Waals surface area contributed by atoms with Crippen LogP contribution in [0.25, 0.3) is 0 Å². The van der Waals surface area contributed by atoms with Crippen molar-refractivity contribution >= 4 is 0 Å². The van der Waals surface area contributed by atoms with Crippen LogP contribution in [0.15, 0.2) is 24.3 Å². The molecule has 1 aromatic heterocycles. The molecule has 1 atom stereocenters. The Morgan fingerprint density at radius 3 is 2.44 bits per heavy atom. The number of nitrogens with zero attached hydrogens (tertiary/aromatic N) is 1. The first kappa shape index (κ1) is 16.1. The minimum Gasteiger partial charge on any atom is -0.494 e. The van der Waals surface area contributed by atoms with Gasteiger partial charge in [-0.1, -0.05) is 12.1 Å². The first-order valence-electron chi connectivity index (χ1n) is 8.95. The van der Waals surface area contributed by atoms with Crippen molar-refractivity contribution in [2.75, 3.05) is 19.7 Å². The minimum atomic E-state index is -0.0463. The fourth-order valence-corrected chi connectivity index (χ4v) is 3.65. The monoisotopic (exact) mass is 344 g/mol. The lowest BCUT2D eigenvalue weighted by Gasteiger charge is -2.26. The Hall–Kier alpha value is -2.34. The SMILES string of the molecule is Oc1c2c(c(O)n1CCNCC1COc3ccccc3O1)CCCC2. The number of hydrogen-bond donors (Lipinski definition) is 3. The molecule has 134 valence electrons. The molecule has 6 heteroatoms. The number of aromatic nitrogens is 1. The fraction of sp³-hybridized carbons (Fsp3) is 0.474. The number of rotatable bonds is 5. The summed E-state index contributed by atoms with van der Waals surface area (Å²) in [7, 11) is 0.